The van der Waals surface area contributed by atoms with E-state index < -0.39 is 0 Å². The minimum atomic E-state index is -0.290. The molecule has 4 rings (SSSR count). The lowest BCUT2D eigenvalue weighted by atomic mass is 10.1. The Bertz CT molecular complexity index is 1150. The van der Waals surface area contributed by atoms with E-state index in [1.807, 2.05) is 35.9 Å². The fraction of sp³-hybridized carbons (Fsp3) is 0.0455. The molecular weight excluding hydrogens is 395 g/mol. The summed E-state index contributed by atoms with van der Waals surface area (Å²) >= 11 is 7.36. The SMILES string of the molecule is Cn1c(Sc2ccc(F)cc2)c(C(=O)Nc2ccc(Cl)cc2)c2ccccc21. The number of anilines is 1. The fourth-order valence-electron chi connectivity index (χ4n) is 3.05. The Hall–Kier alpha value is -2.76. The van der Waals surface area contributed by atoms with E-state index >= 15 is 0 Å². The summed E-state index contributed by atoms with van der Waals surface area (Å²) in [6.07, 6.45) is 0. The number of nitrogens with one attached hydrogen (secondary N) is 1. The van der Waals surface area contributed by atoms with Crippen molar-refractivity contribution < 1.29 is 9.18 Å². The first kappa shape index (κ1) is 18.6. The van der Waals surface area contributed by atoms with Crippen LogP contribution in [-0.4, -0.2) is 10.5 Å². The molecule has 0 aliphatic heterocycles. The second kappa shape index (κ2) is 7.70. The number of halogens is 2. The quantitative estimate of drug-likeness (QED) is 0.424. The number of hydrogen-bond acceptors (Lipinski definition) is 2. The van der Waals surface area contributed by atoms with Crippen LogP contribution in [0.3, 0.4) is 0 Å². The van der Waals surface area contributed by atoms with E-state index in [0.717, 1.165) is 20.8 Å². The molecule has 0 saturated carbocycles. The number of aryl methyl sites for hydroxylation is 1. The number of carbonyl (C=O) groups excluding carboxylic acids is 1. The van der Waals surface area contributed by atoms with Gasteiger partial charge in [-0.15, -0.1) is 0 Å². The third kappa shape index (κ3) is 3.63. The van der Waals surface area contributed by atoms with Crippen LogP contribution in [-0.2, 0) is 7.05 Å². The van der Waals surface area contributed by atoms with Crippen molar-refractivity contribution in [2.45, 2.75) is 9.92 Å². The molecular formula is C22H16ClFN2OS. The molecule has 0 radical (unpaired) electrons. The maximum Gasteiger partial charge on any atom is 0.259 e. The van der Waals surface area contributed by atoms with Crippen LogP contribution in [0.15, 0.2) is 82.7 Å². The zero-order valence-corrected chi connectivity index (χ0v) is 16.5. The van der Waals surface area contributed by atoms with Gasteiger partial charge in [-0.3, -0.25) is 4.79 Å². The Balaban J connectivity index is 1.77. The van der Waals surface area contributed by atoms with E-state index in [9.17, 15) is 9.18 Å². The average molecular weight is 411 g/mol. The summed E-state index contributed by atoms with van der Waals surface area (Å²) < 4.78 is 15.2. The first-order valence-electron chi connectivity index (χ1n) is 8.60. The number of aromatic nitrogens is 1. The highest BCUT2D eigenvalue weighted by atomic mass is 35.5. The minimum absolute atomic E-state index is 0.205. The third-order valence-corrected chi connectivity index (χ3v) is 5.84. The molecule has 1 heterocycles. The highest BCUT2D eigenvalue weighted by Gasteiger charge is 2.22. The summed E-state index contributed by atoms with van der Waals surface area (Å²) in [6, 6.07) is 21.0. The van der Waals surface area contributed by atoms with E-state index in [0.29, 0.717) is 16.3 Å². The first-order chi connectivity index (χ1) is 13.5. The smallest absolute Gasteiger partial charge is 0.259 e. The number of hydrogen-bond donors (Lipinski definition) is 1. The predicted molar refractivity (Wildman–Crippen MR) is 113 cm³/mol. The van der Waals surface area contributed by atoms with Crippen LogP contribution in [0.25, 0.3) is 10.9 Å². The Morgan fingerprint density at radius 2 is 1.68 bits per heavy atom. The topological polar surface area (TPSA) is 34.0 Å². The zero-order chi connectivity index (χ0) is 19.7. The summed E-state index contributed by atoms with van der Waals surface area (Å²) in [7, 11) is 1.92. The van der Waals surface area contributed by atoms with Gasteiger partial charge >= 0.3 is 0 Å². The van der Waals surface area contributed by atoms with Crippen molar-refractivity contribution in [2.24, 2.45) is 7.05 Å². The van der Waals surface area contributed by atoms with Gasteiger partial charge in [0.25, 0.3) is 5.91 Å². The van der Waals surface area contributed by atoms with Crippen LogP contribution < -0.4 is 5.32 Å². The van der Waals surface area contributed by atoms with Crippen LogP contribution in [0.4, 0.5) is 10.1 Å². The van der Waals surface area contributed by atoms with Crippen molar-refractivity contribution in [3.8, 4) is 0 Å². The van der Waals surface area contributed by atoms with Gasteiger partial charge in [-0.2, -0.15) is 0 Å². The molecule has 0 aliphatic rings. The number of amides is 1. The number of fused-ring (bicyclic) bond motifs is 1. The summed E-state index contributed by atoms with van der Waals surface area (Å²) in [5, 5.41) is 5.20. The van der Waals surface area contributed by atoms with Gasteiger partial charge in [0.05, 0.1) is 10.6 Å². The number of carbonyl (C=O) groups is 1. The Labute approximate surface area is 171 Å². The van der Waals surface area contributed by atoms with Crippen molar-refractivity contribution in [2.75, 3.05) is 5.32 Å². The number of para-hydroxylation sites is 1. The summed E-state index contributed by atoms with van der Waals surface area (Å²) in [5.74, 6) is -0.495. The lowest BCUT2D eigenvalue weighted by molar-refractivity contribution is 0.102. The van der Waals surface area contributed by atoms with Gasteiger partial charge in [-0.05, 0) is 54.6 Å². The molecule has 0 bridgehead atoms. The molecule has 3 aromatic carbocycles. The van der Waals surface area contributed by atoms with E-state index in [-0.39, 0.29) is 11.7 Å². The maximum atomic E-state index is 13.3. The summed E-state index contributed by atoms with van der Waals surface area (Å²) in [6.45, 7) is 0. The second-order valence-corrected chi connectivity index (χ2v) is 7.77. The molecule has 4 aromatic rings. The maximum absolute atomic E-state index is 13.3. The van der Waals surface area contributed by atoms with E-state index in [1.165, 1.54) is 23.9 Å². The largest absolute Gasteiger partial charge is 0.338 e. The number of benzene rings is 3. The highest BCUT2D eigenvalue weighted by Crippen LogP contribution is 2.37. The van der Waals surface area contributed by atoms with Crippen LogP contribution >= 0.6 is 23.4 Å². The minimum Gasteiger partial charge on any atom is -0.338 e. The van der Waals surface area contributed by atoms with Crippen LogP contribution in [0.5, 0.6) is 0 Å². The van der Waals surface area contributed by atoms with Gasteiger partial charge < -0.3 is 9.88 Å². The molecule has 0 aliphatic carbocycles. The monoisotopic (exact) mass is 410 g/mol. The number of nitrogens with zero attached hydrogens (tertiary/aromatic N) is 1. The van der Waals surface area contributed by atoms with Gasteiger partial charge in [0.2, 0.25) is 0 Å². The molecule has 28 heavy (non-hydrogen) atoms. The fourth-order valence-corrected chi connectivity index (χ4v) is 4.21. The van der Waals surface area contributed by atoms with Crippen molar-refractivity contribution in [1.29, 1.82) is 0 Å². The molecule has 0 atom stereocenters. The van der Waals surface area contributed by atoms with Crippen molar-refractivity contribution in [1.82, 2.24) is 4.57 Å². The molecule has 0 fully saturated rings. The molecule has 1 N–H and O–H groups in total. The summed E-state index contributed by atoms with van der Waals surface area (Å²) in [5.41, 5.74) is 2.20. The van der Waals surface area contributed by atoms with E-state index in [1.54, 1.807) is 36.4 Å². The third-order valence-electron chi connectivity index (χ3n) is 4.41. The molecule has 1 aromatic heterocycles. The highest BCUT2D eigenvalue weighted by molar-refractivity contribution is 7.99. The predicted octanol–water partition coefficient (Wildman–Crippen LogP) is 6.37. The van der Waals surface area contributed by atoms with Crippen molar-refractivity contribution in [3.63, 3.8) is 0 Å². The van der Waals surface area contributed by atoms with Crippen LogP contribution in [0.1, 0.15) is 10.4 Å². The second-order valence-electron chi connectivity index (χ2n) is 6.27. The Kier molecular flexibility index (Phi) is 5.11. The summed E-state index contributed by atoms with van der Waals surface area (Å²) in [4.78, 5) is 14.0. The van der Waals surface area contributed by atoms with Gasteiger partial charge in [0.15, 0.2) is 0 Å². The van der Waals surface area contributed by atoms with Gasteiger partial charge in [-0.1, -0.05) is 41.6 Å². The molecule has 3 nitrogen and oxygen atoms in total. The molecule has 0 saturated heterocycles. The normalized spacial score (nSPS) is 11.0. The van der Waals surface area contributed by atoms with Crippen LogP contribution in [0, 0.1) is 5.82 Å². The Morgan fingerprint density at radius 3 is 2.39 bits per heavy atom. The van der Waals surface area contributed by atoms with Gasteiger partial charge in [0.1, 0.15) is 5.82 Å². The average Bonchev–Trinajstić information content (AvgIpc) is 2.98. The number of rotatable bonds is 4. The standard InChI is InChI=1S/C22H16ClFN2OS/c1-26-19-5-3-2-4-18(19)20(21(27)25-16-10-6-14(23)7-11-16)22(26)28-17-12-8-15(24)9-13-17/h2-13H,1H3,(H,25,27). The van der Waals surface area contributed by atoms with Gasteiger partial charge in [-0.25, -0.2) is 4.39 Å². The zero-order valence-electron chi connectivity index (χ0n) is 14.9. The Morgan fingerprint density at radius 1 is 1.00 bits per heavy atom. The molecule has 0 spiro atoms. The van der Waals surface area contributed by atoms with Gasteiger partial charge in [0, 0.05) is 33.6 Å². The van der Waals surface area contributed by atoms with Crippen molar-refractivity contribution in [3.05, 3.63) is 89.2 Å². The lowest BCUT2D eigenvalue weighted by Crippen LogP contribution is -2.12. The molecule has 1 amide bonds. The van der Waals surface area contributed by atoms with E-state index in [2.05, 4.69) is 5.32 Å². The van der Waals surface area contributed by atoms with Crippen molar-refractivity contribution >= 4 is 45.9 Å². The van der Waals surface area contributed by atoms with Crippen LogP contribution in [0.2, 0.25) is 5.02 Å². The van der Waals surface area contributed by atoms with E-state index in [4.69, 9.17) is 11.6 Å². The lowest BCUT2D eigenvalue weighted by Gasteiger charge is -2.09. The molecule has 140 valence electrons. The first-order valence-corrected chi connectivity index (χ1v) is 9.80. The molecule has 0 unspecified atom stereocenters. The molecule has 6 heteroatoms.